The van der Waals surface area contributed by atoms with Crippen LogP contribution in [-0.4, -0.2) is 32.1 Å². The van der Waals surface area contributed by atoms with E-state index in [0.29, 0.717) is 25.2 Å². The Bertz CT molecular complexity index is 499. The summed E-state index contributed by atoms with van der Waals surface area (Å²) in [6.45, 7) is 2.10. The quantitative estimate of drug-likeness (QED) is 0.748. The normalized spacial score (nSPS) is 16.5. The van der Waals surface area contributed by atoms with Crippen LogP contribution >= 0.6 is 12.4 Å². The van der Waals surface area contributed by atoms with E-state index >= 15 is 0 Å². The number of carbonyl (C=O) groups is 2. The van der Waals surface area contributed by atoms with Crippen molar-refractivity contribution in [3.05, 3.63) is 29.8 Å². The Morgan fingerprint density at radius 3 is 2.61 bits per heavy atom. The molecule has 2 rings (SSSR count). The zero-order valence-electron chi connectivity index (χ0n) is 13.5. The molecule has 1 amide bonds. The molecule has 0 saturated carbocycles. The molecule has 2 N–H and O–H groups in total. The van der Waals surface area contributed by atoms with Crippen LogP contribution in [0.15, 0.2) is 24.3 Å². The van der Waals surface area contributed by atoms with Crippen molar-refractivity contribution in [3.63, 3.8) is 0 Å². The maximum absolute atomic E-state index is 11.9. The lowest BCUT2D eigenvalue weighted by Gasteiger charge is -2.09. The summed E-state index contributed by atoms with van der Waals surface area (Å²) in [6, 6.07) is 7.61. The first-order valence-electron chi connectivity index (χ1n) is 7.83. The van der Waals surface area contributed by atoms with Gasteiger partial charge in [0.25, 0.3) is 0 Å². The second-order valence-electron chi connectivity index (χ2n) is 5.72. The SMILES string of the molecule is COC(=O)CCc1ccc(NC(=O)CCC2CCNC2)cc1.Cl. The van der Waals surface area contributed by atoms with Gasteiger partial charge in [-0.05, 0) is 56.0 Å². The lowest BCUT2D eigenvalue weighted by atomic mass is 10.0. The summed E-state index contributed by atoms with van der Waals surface area (Å²) in [7, 11) is 1.39. The minimum absolute atomic E-state index is 0. The highest BCUT2D eigenvalue weighted by Gasteiger charge is 2.15. The van der Waals surface area contributed by atoms with Gasteiger partial charge in [0, 0.05) is 18.5 Å². The van der Waals surface area contributed by atoms with Crippen LogP contribution in [0.3, 0.4) is 0 Å². The minimum atomic E-state index is -0.209. The molecule has 1 aromatic carbocycles. The van der Waals surface area contributed by atoms with Crippen molar-refractivity contribution < 1.29 is 14.3 Å². The maximum atomic E-state index is 11.9. The van der Waals surface area contributed by atoms with Gasteiger partial charge in [0.15, 0.2) is 0 Å². The van der Waals surface area contributed by atoms with Crippen molar-refractivity contribution in [2.24, 2.45) is 5.92 Å². The second-order valence-corrected chi connectivity index (χ2v) is 5.72. The summed E-state index contributed by atoms with van der Waals surface area (Å²) in [5.74, 6) is 0.486. The molecule has 0 spiro atoms. The Morgan fingerprint density at radius 2 is 2.00 bits per heavy atom. The molecule has 1 aromatic rings. The van der Waals surface area contributed by atoms with Crippen molar-refractivity contribution in [2.75, 3.05) is 25.5 Å². The number of halogens is 1. The fourth-order valence-electron chi connectivity index (χ4n) is 2.62. The smallest absolute Gasteiger partial charge is 0.305 e. The van der Waals surface area contributed by atoms with Gasteiger partial charge in [-0.25, -0.2) is 0 Å². The van der Waals surface area contributed by atoms with Crippen LogP contribution in [-0.2, 0) is 20.7 Å². The Labute approximate surface area is 143 Å². The predicted octanol–water partition coefficient (Wildman–Crippen LogP) is 2.54. The van der Waals surface area contributed by atoms with E-state index in [9.17, 15) is 9.59 Å². The number of amides is 1. The largest absolute Gasteiger partial charge is 0.469 e. The highest BCUT2D eigenvalue weighted by molar-refractivity contribution is 5.90. The molecular formula is C17H25ClN2O3. The molecule has 0 radical (unpaired) electrons. The number of hydrogen-bond acceptors (Lipinski definition) is 4. The van der Waals surface area contributed by atoms with E-state index in [-0.39, 0.29) is 24.3 Å². The van der Waals surface area contributed by atoms with Crippen molar-refractivity contribution in [2.45, 2.75) is 32.1 Å². The molecule has 1 aliphatic rings. The van der Waals surface area contributed by atoms with E-state index in [1.165, 1.54) is 13.5 Å². The molecule has 23 heavy (non-hydrogen) atoms. The minimum Gasteiger partial charge on any atom is -0.469 e. The monoisotopic (exact) mass is 340 g/mol. The summed E-state index contributed by atoms with van der Waals surface area (Å²) in [6.07, 6.45) is 3.70. The van der Waals surface area contributed by atoms with E-state index in [1.54, 1.807) is 0 Å². The summed E-state index contributed by atoms with van der Waals surface area (Å²) in [5.41, 5.74) is 1.86. The predicted molar refractivity (Wildman–Crippen MR) is 92.9 cm³/mol. The zero-order valence-corrected chi connectivity index (χ0v) is 14.3. The maximum Gasteiger partial charge on any atom is 0.305 e. The average molecular weight is 341 g/mol. The fraction of sp³-hybridized carbons (Fsp3) is 0.529. The fourth-order valence-corrected chi connectivity index (χ4v) is 2.62. The third-order valence-electron chi connectivity index (χ3n) is 4.03. The highest BCUT2D eigenvalue weighted by Crippen LogP contribution is 2.16. The van der Waals surface area contributed by atoms with Crippen LogP contribution in [0.4, 0.5) is 5.69 Å². The van der Waals surface area contributed by atoms with Crippen molar-refractivity contribution in [1.29, 1.82) is 0 Å². The Hall–Kier alpha value is -1.59. The van der Waals surface area contributed by atoms with Gasteiger partial charge in [0.05, 0.1) is 7.11 Å². The van der Waals surface area contributed by atoms with E-state index < -0.39 is 0 Å². The third-order valence-corrected chi connectivity index (χ3v) is 4.03. The molecule has 6 heteroatoms. The molecular weight excluding hydrogens is 316 g/mol. The first-order valence-corrected chi connectivity index (χ1v) is 7.83. The van der Waals surface area contributed by atoms with Crippen LogP contribution < -0.4 is 10.6 Å². The van der Waals surface area contributed by atoms with Gasteiger partial charge in [-0.1, -0.05) is 12.1 Å². The molecule has 0 bridgehead atoms. The molecule has 1 aliphatic heterocycles. The van der Waals surface area contributed by atoms with Crippen LogP contribution in [0.25, 0.3) is 0 Å². The molecule has 5 nitrogen and oxygen atoms in total. The molecule has 128 valence electrons. The number of esters is 1. The van der Waals surface area contributed by atoms with Crippen molar-refractivity contribution in [3.8, 4) is 0 Å². The highest BCUT2D eigenvalue weighted by atomic mass is 35.5. The van der Waals surface area contributed by atoms with Crippen LogP contribution in [0.2, 0.25) is 0 Å². The molecule has 1 heterocycles. The number of carbonyl (C=O) groups excluding carboxylic acids is 2. The summed E-state index contributed by atoms with van der Waals surface area (Å²) < 4.78 is 4.62. The Kier molecular flexibility index (Phi) is 8.66. The van der Waals surface area contributed by atoms with Gasteiger partial charge < -0.3 is 15.4 Å². The summed E-state index contributed by atoms with van der Waals surface area (Å²) in [4.78, 5) is 23.0. The summed E-state index contributed by atoms with van der Waals surface area (Å²) in [5, 5.41) is 6.23. The van der Waals surface area contributed by atoms with Gasteiger partial charge in [-0.3, -0.25) is 9.59 Å². The number of hydrogen-bond donors (Lipinski definition) is 2. The Balaban J connectivity index is 0.00000264. The van der Waals surface area contributed by atoms with Gasteiger partial charge in [0.1, 0.15) is 0 Å². The van der Waals surface area contributed by atoms with E-state index in [2.05, 4.69) is 15.4 Å². The zero-order chi connectivity index (χ0) is 15.8. The lowest BCUT2D eigenvalue weighted by molar-refractivity contribution is -0.140. The first-order chi connectivity index (χ1) is 10.7. The Morgan fingerprint density at radius 1 is 1.26 bits per heavy atom. The second kappa shape index (κ2) is 10.2. The van der Waals surface area contributed by atoms with Crippen LogP contribution in [0, 0.1) is 5.92 Å². The van der Waals surface area contributed by atoms with Gasteiger partial charge in [-0.2, -0.15) is 0 Å². The van der Waals surface area contributed by atoms with Crippen molar-refractivity contribution >= 4 is 30.0 Å². The van der Waals surface area contributed by atoms with Crippen LogP contribution in [0.1, 0.15) is 31.2 Å². The summed E-state index contributed by atoms with van der Waals surface area (Å²) >= 11 is 0. The molecule has 1 fully saturated rings. The van der Waals surface area contributed by atoms with E-state index in [1.807, 2.05) is 24.3 Å². The van der Waals surface area contributed by atoms with Crippen LogP contribution in [0.5, 0.6) is 0 Å². The van der Waals surface area contributed by atoms with Gasteiger partial charge in [0.2, 0.25) is 5.91 Å². The number of aryl methyl sites for hydroxylation is 1. The number of benzene rings is 1. The number of rotatable bonds is 7. The lowest BCUT2D eigenvalue weighted by Crippen LogP contribution is -2.15. The third kappa shape index (κ3) is 7.01. The molecule has 1 unspecified atom stereocenters. The topological polar surface area (TPSA) is 67.4 Å². The number of methoxy groups -OCH3 is 1. The standard InChI is InChI=1S/C17H24N2O3.ClH/c1-22-17(21)9-5-13-2-6-15(7-3-13)19-16(20)8-4-14-10-11-18-12-14;/h2-3,6-7,14,18H,4-5,8-12H2,1H3,(H,19,20);1H. The van der Waals surface area contributed by atoms with Crippen molar-refractivity contribution in [1.82, 2.24) is 5.32 Å². The van der Waals surface area contributed by atoms with E-state index in [0.717, 1.165) is 30.8 Å². The number of anilines is 1. The van der Waals surface area contributed by atoms with Gasteiger partial charge in [-0.15, -0.1) is 12.4 Å². The molecule has 0 aliphatic carbocycles. The number of ether oxygens (including phenoxy) is 1. The average Bonchev–Trinajstić information content (AvgIpc) is 3.05. The van der Waals surface area contributed by atoms with E-state index in [4.69, 9.17) is 0 Å². The van der Waals surface area contributed by atoms with Gasteiger partial charge >= 0.3 is 5.97 Å². The molecule has 1 atom stereocenters. The number of nitrogens with one attached hydrogen (secondary N) is 2. The first kappa shape index (κ1) is 19.5. The molecule has 0 aromatic heterocycles. The molecule has 1 saturated heterocycles.